The van der Waals surface area contributed by atoms with Crippen LogP contribution in [0.3, 0.4) is 0 Å². The number of imide groups is 1. The molecule has 125 heavy (non-hydrogen) atoms. The number of ether oxygens (including phenoxy) is 3. The first-order valence-corrected chi connectivity index (χ1v) is 42.8. The molecule has 3 aromatic rings. The summed E-state index contributed by atoms with van der Waals surface area (Å²) in [5.41, 5.74) is 41.3. The van der Waals surface area contributed by atoms with Gasteiger partial charge in [0.1, 0.15) is 11.8 Å². The van der Waals surface area contributed by atoms with Gasteiger partial charge in [-0.15, -0.1) is 17.7 Å². The number of aromatic amines is 1. The number of H-pyrrole nitrogens is 1. The standard InChI is InChI=1S/C83H127N17O21.O3S/c1-7-51(6)75(70(108)44-57(47-101)76(84)113)99-78(115)54(19-14-30-92-82(87)88)41-67(105)62(22-15-31-93-83(89)90)96-79(116)55(39-52-16-9-8-10-17-52)43-69(107)63(38-49(2)3)97-77(114)53(18-13-29-91-81(85)86)42-68(106)64(40-56-46-94-61-21-12-11-20-59(56)61)95-71(109)24-23-66(104)65(48-102)98-80(117)60(50(4)5)45-58(103)27-32-118-34-36-120-37-35-119-33-28-74(112)121-100-72(110)25-26-73(100)111;1-4(2)3/h8-12,16-17,20-21,46,49-51,53-55,57,60,62-65,75,94,101-102H,7,13-15,18-19,22-45,47-48H2,1-6H3,(H2,84,113)(H,95,109)(H,96,116)(H,97,114)(H,98,117)(H,99,115)(H4,85,86,91)(H4,87,88,92)(H4,89,90,93);/t51-,53-,54-,55-,57+,60+,62-,63-,64-,65-,75+;/m1./s1. The summed E-state index contributed by atoms with van der Waals surface area (Å²) in [5.74, 6) is -17.6. The number of rotatable bonds is 64. The van der Waals surface area contributed by atoms with Gasteiger partial charge in [0.25, 0.3) is 11.8 Å². The van der Waals surface area contributed by atoms with Crippen LogP contribution >= 0.6 is 0 Å². The number of nitrogens with zero attached hydrogens (tertiary/aromatic N) is 4. The molecule has 1 aromatic heterocycles. The predicted molar refractivity (Wildman–Crippen MR) is 457 cm³/mol. The van der Waals surface area contributed by atoms with E-state index < -0.39 is 216 Å². The van der Waals surface area contributed by atoms with Crippen molar-refractivity contribution < 1.29 is 114 Å². The van der Waals surface area contributed by atoms with Crippen LogP contribution in [0, 0.1) is 47.3 Å². The monoisotopic (exact) mass is 1780 g/mol. The van der Waals surface area contributed by atoms with Gasteiger partial charge in [-0.05, 0) is 86.3 Å². The third kappa shape index (κ3) is 42.7. The van der Waals surface area contributed by atoms with Crippen molar-refractivity contribution in [1.82, 2.24) is 36.6 Å². The first-order chi connectivity index (χ1) is 59.3. The minimum Gasteiger partial charge on any atom is -0.396 e. The fraction of sp³-hybridized carbons (Fsp3) is 0.614. The molecule has 1 saturated heterocycles. The Morgan fingerprint density at radius 2 is 0.984 bits per heavy atom. The first kappa shape index (κ1) is 108. The Labute approximate surface area is 727 Å². The molecule has 42 heteroatoms. The van der Waals surface area contributed by atoms with Crippen molar-refractivity contribution in [3.63, 3.8) is 0 Å². The lowest BCUT2D eigenvalue weighted by molar-refractivity contribution is -0.198. The zero-order valence-electron chi connectivity index (χ0n) is 72.0. The number of fused-ring (bicyclic) bond motifs is 1. The number of aliphatic hydroxyl groups is 2. The topological polar surface area (TPSA) is 683 Å². The zero-order valence-corrected chi connectivity index (χ0v) is 72.8. The summed E-state index contributed by atoms with van der Waals surface area (Å²) in [7, 11) is -3.11. The molecule has 1 aliphatic rings. The minimum absolute atomic E-state index is 0.00173. The van der Waals surface area contributed by atoms with E-state index in [9.17, 15) is 63.0 Å². The Kier molecular flexibility index (Phi) is 50.7. The number of carbonyl (C=O) groups excluding carboxylic acids is 15. The van der Waals surface area contributed by atoms with Gasteiger partial charge >= 0.3 is 16.6 Å². The summed E-state index contributed by atoms with van der Waals surface area (Å²) in [6.45, 7) is 9.54. The summed E-state index contributed by atoms with van der Waals surface area (Å²) >= 11 is 0. The van der Waals surface area contributed by atoms with Gasteiger partial charge in [0, 0.05) is 131 Å². The maximum atomic E-state index is 15.2. The maximum absolute atomic E-state index is 15.2. The highest BCUT2D eigenvalue weighted by atomic mass is 32.2. The molecule has 0 saturated carbocycles. The maximum Gasteiger partial charge on any atom is 0.425 e. The molecule has 0 bridgehead atoms. The van der Waals surface area contributed by atoms with Crippen molar-refractivity contribution in [2.45, 2.75) is 207 Å². The lowest BCUT2D eigenvalue weighted by atomic mass is 9.87. The number of aliphatic hydroxyl groups excluding tert-OH is 2. The second-order valence-electron chi connectivity index (χ2n) is 31.3. The molecule has 0 aliphatic carbocycles. The Balaban J connectivity index is 0.00000985. The van der Waals surface area contributed by atoms with Gasteiger partial charge in [0.2, 0.25) is 35.4 Å². The van der Waals surface area contributed by atoms with Crippen LogP contribution in [0.25, 0.3) is 10.9 Å². The van der Waals surface area contributed by atoms with Gasteiger partial charge in [-0.2, -0.15) is 0 Å². The number of nitrogens with two attached hydrogens (primary N) is 7. The summed E-state index contributed by atoms with van der Waals surface area (Å²) in [4.78, 5) is 226. The summed E-state index contributed by atoms with van der Waals surface area (Å²) in [5, 5.41) is 35.3. The number of para-hydroxylation sites is 1. The smallest absolute Gasteiger partial charge is 0.396 e. The quantitative estimate of drug-likeness (QED) is 0.0145. The molecule has 0 radical (unpaired) electrons. The minimum atomic E-state index is -3.11. The van der Waals surface area contributed by atoms with Crippen LogP contribution in [0.4, 0.5) is 0 Å². The van der Waals surface area contributed by atoms with Crippen molar-refractivity contribution in [3.8, 4) is 0 Å². The number of hydroxylamine groups is 2. The number of carbonyl (C=O) groups is 15. The third-order valence-corrected chi connectivity index (χ3v) is 20.6. The number of benzene rings is 2. The molecule has 4 rings (SSSR count). The van der Waals surface area contributed by atoms with Crippen LogP contribution < -0.4 is 66.7 Å². The van der Waals surface area contributed by atoms with Crippen molar-refractivity contribution in [2.24, 2.45) is 102 Å². The van der Waals surface area contributed by atoms with Gasteiger partial charge in [0.15, 0.2) is 46.8 Å². The van der Waals surface area contributed by atoms with Crippen molar-refractivity contribution >= 4 is 127 Å². The molecule has 694 valence electrons. The lowest BCUT2D eigenvalue weighted by Gasteiger charge is -2.28. The Morgan fingerprint density at radius 3 is 1.51 bits per heavy atom. The van der Waals surface area contributed by atoms with Crippen molar-refractivity contribution in [2.75, 3.05) is 72.5 Å². The first-order valence-electron chi connectivity index (χ1n) is 41.8. The molecule has 22 N–H and O–H groups in total. The second kappa shape index (κ2) is 58.7. The number of Topliss-reactive ketones (excluding diaryl/α,β-unsaturated/α-hetero) is 6. The third-order valence-electron chi connectivity index (χ3n) is 20.6. The molecular formula is C83H127N17O24S. The van der Waals surface area contributed by atoms with E-state index in [1.165, 1.54) is 0 Å². The molecule has 8 amide bonds. The number of aliphatic imine (C=N–C) groups is 3. The number of primary amides is 1. The number of hydrogen-bond donors (Lipinski definition) is 15. The van der Waals surface area contributed by atoms with Gasteiger partial charge in [0.05, 0.1) is 89.4 Å². The number of guanidine groups is 3. The average molecular weight is 1780 g/mol. The Morgan fingerprint density at radius 1 is 0.504 bits per heavy atom. The number of amides is 8. The van der Waals surface area contributed by atoms with Gasteiger partial charge < -0.3 is 101 Å². The summed E-state index contributed by atoms with van der Waals surface area (Å²) in [6, 6.07) is 9.33. The van der Waals surface area contributed by atoms with Crippen molar-refractivity contribution in [3.05, 3.63) is 71.9 Å². The van der Waals surface area contributed by atoms with Crippen LogP contribution in [0.5, 0.6) is 0 Å². The summed E-state index contributed by atoms with van der Waals surface area (Å²) in [6.07, 6.45) is -1.20. The summed E-state index contributed by atoms with van der Waals surface area (Å²) < 4.78 is 41.7. The van der Waals surface area contributed by atoms with E-state index in [-0.39, 0.29) is 179 Å². The molecule has 2 aromatic carbocycles. The SMILES string of the molecule is CC[C@@H](C)[C@H](NC(=O)[C@H](CCCN=C(N)N)CC(=O)[C@@H](CCCN=C(N)N)NC(=O)[C@@H](CC(=O)[C@@H](CC(C)C)NC(=O)[C@H](CCCN=C(N)N)CC(=O)[C@@H](Cc1c[nH]c2ccccc12)NC(=O)CCC(=O)[C@@H](CO)NC(=O)[C@@H](CC(=O)CCOCCOCCOCCC(=O)ON1C(=O)CCC1=O)C(C)C)Cc1ccccc1)C(=O)C[C@@H](CO)C(N)=O.O=S(=O)=O. The Bertz CT molecular complexity index is 4240. The normalized spacial score (nSPS) is 14.5. The van der Waals surface area contributed by atoms with Gasteiger partial charge in [-0.25, -0.2) is 4.79 Å². The van der Waals surface area contributed by atoms with Crippen LogP contribution in [0.1, 0.15) is 175 Å². The molecule has 41 nitrogen and oxygen atoms in total. The van der Waals surface area contributed by atoms with Gasteiger partial charge in [-0.1, -0.05) is 96.5 Å². The number of ketones is 6. The van der Waals surface area contributed by atoms with Crippen LogP contribution in [-0.4, -0.2) is 241 Å². The molecule has 2 heterocycles. The van der Waals surface area contributed by atoms with E-state index in [0.717, 1.165) is 0 Å². The van der Waals surface area contributed by atoms with E-state index in [4.69, 9.17) is 71.8 Å². The Hall–Kier alpha value is -11.3. The lowest BCUT2D eigenvalue weighted by Crippen LogP contribution is -2.50. The van der Waals surface area contributed by atoms with E-state index in [1.807, 2.05) is 26.0 Å². The van der Waals surface area contributed by atoms with E-state index in [2.05, 4.69) is 46.5 Å². The van der Waals surface area contributed by atoms with E-state index in [0.29, 0.717) is 33.5 Å². The van der Waals surface area contributed by atoms with Crippen LogP contribution in [-0.2, 0) is 114 Å². The van der Waals surface area contributed by atoms with Gasteiger partial charge in [-0.3, -0.25) is 82.1 Å². The van der Waals surface area contributed by atoms with Crippen LogP contribution in [0.15, 0.2) is 75.8 Å². The fourth-order valence-corrected chi connectivity index (χ4v) is 13.5. The average Bonchev–Trinajstić information content (AvgIpc) is 1.73. The molecule has 0 spiro atoms. The highest BCUT2D eigenvalue weighted by Gasteiger charge is 2.39. The number of aromatic nitrogens is 1. The second-order valence-corrected chi connectivity index (χ2v) is 31.7. The highest BCUT2D eigenvalue weighted by molar-refractivity contribution is 7.59. The fourth-order valence-electron chi connectivity index (χ4n) is 13.5. The molecule has 0 unspecified atom stereocenters. The number of hydrogen-bond acceptors (Lipinski definition) is 27. The molecule has 1 aliphatic heterocycles. The molecule has 11 atom stereocenters. The van der Waals surface area contributed by atoms with Crippen molar-refractivity contribution in [1.29, 1.82) is 0 Å². The van der Waals surface area contributed by atoms with E-state index >= 15 is 19.2 Å². The number of nitrogens with one attached hydrogen (secondary N) is 6. The molecular weight excluding hydrogens is 1650 g/mol. The zero-order chi connectivity index (χ0) is 93.3. The largest absolute Gasteiger partial charge is 0.425 e. The van der Waals surface area contributed by atoms with Crippen LogP contribution in [0.2, 0.25) is 0 Å². The predicted octanol–water partition coefficient (Wildman–Crippen LogP) is -0.585. The highest BCUT2D eigenvalue weighted by Crippen LogP contribution is 2.27. The van der Waals surface area contributed by atoms with E-state index in [1.54, 1.807) is 76.4 Å². The molecule has 1 fully saturated rings.